The summed E-state index contributed by atoms with van der Waals surface area (Å²) in [6, 6.07) is 2.82. The molecule has 1 fully saturated rings. The quantitative estimate of drug-likeness (QED) is 0.442. The van der Waals surface area contributed by atoms with Gasteiger partial charge in [-0.15, -0.1) is 13.2 Å². The first kappa shape index (κ1) is 25.8. The number of nitrogens with one attached hydrogen (secondary N) is 1. The van der Waals surface area contributed by atoms with Crippen LogP contribution in [-0.2, 0) is 15.6 Å². The number of aromatic nitrogens is 3. The molecule has 0 aliphatic heterocycles. The number of alkyl halides is 3. The lowest BCUT2D eigenvalue weighted by Gasteiger charge is -2.26. The van der Waals surface area contributed by atoms with E-state index in [-0.39, 0.29) is 5.56 Å². The summed E-state index contributed by atoms with van der Waals surface area (Å²) >= 11 is 1.14. The topological polar surface area (TPSA) is 126 Å². The van der Waals surface area contributed by atoms with Gasteiger partial charge in [-0.25, -0.2) is 22.6 Å². The fourth-order valence-corrected chi connectivity index (χ4v) is 6.38. The summed E-state index contributed by atoms with van der Waals surface area (Å²) < 4.78 is 73.5. The number of halogens is 3. The number of imidazole rings is 1. The molecule has 4 rings (SSSR count). The third-order valence-electron chi connectivity index (χ3n) is 5.65. The SMILES string of the molecule is Cc1nc2sc(C(C)(C)O)nn2c1-c1ccc(OC(F)(F)F)c(S(=O)(=O)N[C@H]2CC[C@H](O)CC2)c1. The van der Waals surface area contributed by atoms with Crippen LogP contribution in [0.15, 0.2) is 23.1 Å². The highest BCUT2D eigenvalue weighted by Gasteiger charge is 2.35. The van der Waals surface area contributed by atoms with Crippen molar-refractivity contribution in [2.24, 2.45) is 0 Å². The van der Waals surface area contributed by atoms with Crippen LogP contribution >= 0.6 is 11.3 Å². The minimum atomic E-state index is -5.10. The lowest BCUT2D eigenvalue weighted by molar-refractivity contribution is -0.275. The van der Waals surface area contributed by atoms with E-state index >= 15 is 0 Å². The van der Waals surface area contributed by atoms with Crippen molar-refractivity contribution in [3.8, 4) is 17.0 Å². The zero-order valence-corrected chi connectivity index (χ0v) is 20.8. The van der Waals surface area contributed by atoms with E-state index in [9.17, 15) is 31.8 Å². The number of fused-ring (bicyclic) bond motifs is 1. The zero-order chi connectivity index (χ0) is 25.8. The number of rotatable bonds is 6. The van der Waals surface area contributed by atoms with Crippen LogP contribution in [-0.4, -0.2) is 51.7 Å². The molecule has 3 N–H and O–H groups in total. The van der Waals surface area contributed by atoms with Crippen LogP contribution < -0.4 is 9.46 Å². The van der Waals surface area contributed by atoms with E-state index < -0.39 is 44.8 Å². The van der Waals surface area contributed by atoms with E-state index in [1.165, 1.54) is 10.6 Å². The van der Waals surface area contributed by atoms with Gasteiger partial charge in [0.15, 0.2) is 0 Å². The summed E-state index contributed by atoms with van der Waals surface area (Å²) in [5.41, 5.74) is -0.125. The molecule has 2 aromatic heterocycles. The molecule has 14 heteroatoms. The van der Waals surface area contributed by atoms with Crippen molar-refractivity contribution in [1.82, 2.24) is 19.3 Å². The first-order valence-corrected chi connectivity index (χ1v) is 13.1. The highest BCUT2D eigenvalue weighted by molar-refractivity contribution is 7.89. The Kier molecular flexibility index (Phi) is 6.64. The largest absolute Gasteiger partial charge is 0.573 e. The molecule has 0 unspecified atom stereocenters. The molecule has 1 aromatic carbocycles. The van der Waals surface area contributed by atoms with Gasteiger partial charge < -0.3 is 14.9 Å². The lowest BCUT2D eigenvalue weighted by Crippen LogP contribution is -2.38. The summed E-state index contributed by atoms with van der Waals surface area (Å²) in [7, 11) is -4.42. The van der Waals surface area contributed by atoms with Crippen molar-refractivity contribution in [2.75, 3.05) is 0 Å². The molecular formula is C21H25F3N4O5S2. The predicted octanol–water partition coefficient (Wildman–Crippen LogP) is 3.47. The van der Waals surface area contributed by atoms with E-state index in [0.29, 0.717) is 47.0 Å². The number of benzene rings is 1. The Morgan fingerprint density at radius 1 is 1.20 bits per heavy atom. The van der Waals surface area contributed by atoms with Crippen molar-refractivity contribution in [2.45, 2.75) is 75.5 Å². The maximum Gasteiger partial charge on any atom is 0.573 e. The molecule has 0 atom stereocenters. The van der Waals surface area contributed by atoms with E-state index in [2.05, 4.69) is 19.5 Å². The third kappa shape index (κ3) is 5.61. The Morgan fingerprint density at radius 2 is 1.86 bits per heavy atom. The second-order valence-corrected chi connectivity index (χ2v) is 11.7. The van der Waals surface area contributed by atoms with Gasteiger partial charge in [0, 0.05) is 11.6 Å². The molecule has 1 saturated carbocycles. The summed E-state index contributed by atoms with van der Waals surface area (Å²) in [5.74, 6) is -0.863. The highest BCUT2D eigenvalue weighted by atomic mass is 32.2. The van der Waals surface area contributed by atoms with Gasteiger partial charge in [-0.05, 0) is 64.7 Å². The van der Waals surface area contributed by atoms with Gasteiger partial charge in [0.1, 0.15) is 21.3 Å². The van der Waals surface area contributed by atoms with Crippen molar-refractivity contribution >= 4 is 26.3 Å². The first-order valence-electron chi connectivity index (χ1n) is 10.8. The van der Waals surface area contributed by atoms with E-state index in [0.717, 1.165) is 23.5 Å². The number of aryl methyl sites for hydroxylation is 1. The fourth-order valence-electron chi connectivity index (χ4n) is 3.98. The lowest BCUT2D eigenvalue weighted by atomic mass is 9.94. The average Bonchev–Trinajstić information content (AvgIpc) is 3.26. The number of sulfonamides is 1. The summed E-state index contributed by atoms with van der Waals surface area (Å²) in [6.45, 7) is 4.78. The molecular weight excluding hydrogens is 509 g/mol. The Morgan fingerprint density at radius 3 is 2.46 bits per heavy atom. The van der Waals surface area contributed by atoms with Crippen molar-refractivity contribution in [3.63, 3.8) is 0 Å². The highest BCUT2D eigenvalue weighted by Crippen LogP contribution is 2.36. The smallest absolute Gasteiger partial charge is 0.404 e. The van der Waals surface area contributed by atoms with Gasteiger partial charge in [-0.1, -0.05) is 11.3 Å². The minimum absolute atomic E-state index is 0.261. The maximum atomic E-state index is 13.2. The molecule has 35 heavy (non-hydrogen) atoms. The number of hydrogen-bond donors (Lipinski definition) is 3. The zero-order valence-electron chi connectivity index (χ0n) is 19.1. The van der Waals surface area contributed by atoms with Crippen LogP contribution in [0.1, 0.15) is 50.2 Å². The van der Waals surface area contributed by atoms with Crippen LogP contribution in [0, 0.1) is 6.92 Å². The third-order valence-corrected chi connectivity index (χ3v) is 8.42. The van der Waals surface area contributed by atoms with Crippen molar-refractivity contribution < 1.29 is 36.5 Å². The van der Waals surface area contributed by atoms with Gasteiger partial charge in [0.25, 0.3) is 0 Å². The molecule has 1 aliphatic carbocycles. The van der Waals surface area contributed by atoms with E-state index in [1.54, 1.807) is 20.8 Å². The Balaban J connectivity index is 1.80. The first-order chi connectivity index (χ1) is 16.1. The summed E-state index contributed by atoms with van der Waals surface area (Å²) in [5, 5.41) is 24.7. The van der Waals surface area contributed by atoms with Crippen molar-refractivity contribution in [1.29, 1.82) is 0 Å². The van der Waals surface area contributed by atoms with E-state index in [4.69, 9.17) is 0 Å². The number of nitrogens with zero attached hydrogens (tertiary/aromatic N) is 3. The van der Waals surface area contributed by atoms with Gasteiger partial charge in [0.2, 0.25) is 15.0 Å². The average molecular weight is 535 g/mol. The molecule has 0 spiro atoms. The number of aliphatic hydroxyl groups is 2. The summed E-state index contributed by atoms with van der Waals surface area (Å²) in [4.78, 5) is 4.17. The Hall–Kier alpha value is -2.26. The Labute approximate surface area is 203 Å². The fraction of sp³-hybridized carbons (Fsp3) is 0.524. The summed E-state index contributed by atoms with van der Waals surface area (Å²) in [6.07, 6.45) is -4.13. The molecule has 0 saturated heterocycles. The van der Waals surface area contributed by atoms with Crippen LogP contribution in [0.25, 0.3) is 16.2 Å². The maximum absolute atomic E-state index is 13.2. The monoisotopic (exact) mass is 534 g/mol. The van der Waals surface area contributed by atoms with Gasteiger partial charge in [-0.2, -0.15) is 5.10 Å². The number of hydrogen-bond acceptors (Lipinski definition) is 8. The number of ether oxygens (including phenoxy) is 1. The molecule has 0 amide bonds. The normalized spacial score (nSPS) is 19.9. The molecule has 0 radical (unpaired) electrons. The van der Waals surface area contributed by atoms with Gasteiger partial charge in [-0.3, -0.25) is 0 Å². The predicted molar refractivity (Wildman–Crippen MR) is 122 cm³/mol. The Bertz CT molecular complexity index is 1340. The molecule has 1 aliphatic rings. The van der Waals surface area contributed by atoms with Crippen LogP contribution in [0.3, 0.4) is 0 Å². The second-order valence-electron chi connectivity index (χ2n) is 9.04. The standard InChI is InChI=1S/C21H25F3N4O5S2/c1-11-17(28-19(25-11)34-18(26-28)20(2,3)30)12-4-9-15(33-21(22,23)24)16(10-12)35(31,32)27-13-5-7-14(29)8-6-13/h4,9-10,13-14,27,29-30H,5-8H2,1-3H3/t13-,14-. The molecule has 2 heterocycles. The molecule has 192 valence electrons. The van der Waals surface area contributed by atoms with Crippen LogP contribution in [0.2, 0.25) is 0 Å². The molecule has 0 bridgehead atoms. The van der Waals surface area contributed by atoms with E-state index in [1.807, 2.05) is 0 Å². The van der Waals surface area contributed by atoms with Crippen molar-refractivity contribution in [3.05, 3.63) is 28.9 Å². The van der Waals surface area contributed by atoms with Gasteiger partial charge in [0.05, 0.1) is 17.5 Å². The van der Waals surface area contributed by atoms with Crippen LogP contribution in [0.4, 0.5) is 13.2 Å². The molecule has 3 aromatic rings. The molecule has 9 nitrogen and oxygen atoms in total. The second kappa shape index (κ2) is 9.00. The minimum Gasteiger partial charge on any atom is -0.404 e. The van der Waals surface area contributed by atoms with Gasteiger partial charge >= 0.3 is 6.36 Å². The number of aliphatic hydroxyl groups excluding tert-OH is 1. The van der Waals surface area contributed by atoms with Crippen LogP contribution in [0.5, 0.6) is 5.75 Å².